The highest BCUT2D eigenvalue weighted by Gasteiger charge is 2.33. The first kappa shape index (κ1) is 15.0. The zero-order chi connectivity index (χ0) is 14.7. The minimum atomic E-state index is -0.158. The fourth-order valence-electron chi connectivity index (χ4n) is 3.99. The molecule has 2 unspecified atom stereocenters. The molecule has 2 fully saturated rings. The van der Waals surface area contributed by atoms with Gasteiger partial charge in [0.05, 0.1) is 6.61 Å². The average molecular weight is 288 g/mol. The van der Waals surface area contributed by atoms with Crippen LogP contribution in [0.3, 0.4) is 0 Å². The first-order chi connectivity index (χ1) is 10.2. The zero-order valence-corrected chi connectivity index (χ0v) is 13.2. The van der Waals surface area contributed by atoms with Gasteiger partial charge in [0, 0.05) is 24.5 Å². The third kappa shape index (κ3) is 3.31. The predicted octanol–water partition coefficient (Wildman–Crippen LogP) is 2.11. The third-order valence-corrected chi connectivity index (χ3v) is 5.28. The van der Waals surface area contributed by atoms with E-state index in [2.05, 4.69) is 41.0 Å². The maximum absolute atomic E-state index is 9.99. The van der Waals surface area contributed by atoms with Crippen LogP contribution in [0, 0.1) is 0 Å². The molecule has 3 heteroatoms. The van der Waals surface area contributed by atoms with Gasteiger partial charge in [-0.3, -0.25) is 4.90 Å². The Hall–Kier alpha value is -0.900. The molecule has 1 aromatic carbocycles. The Balaban J connectivity index is 1.71. The van der Waals surface area contributed by atoms with E-state index in [1.54, 1.807) is 0 Å². The highest BCUT2D eigenvalue weighted by molar-refractivity contribution is 5.25. The van der Waals surface area contributed by atoms with Gasteiger partial charge < -0.3 is 10.0 Å². The van der Waals surface area contributed by atoms with Crippen molar-refractivity contribution in [3.05, 3.63) is 35.9 Å². The number of nitrogens with zero attached hydrogens (tertiary/aromatic N) is 2. The van der Waals surface area contributed by atoms with Gasteiger partial charge in [-0.05, 0) is 44.5 Å². The number of rotatable bonds is 4. The van der Waals surface area contributed by atoms with Crippen LogP contribution >= 0.6 is 0 Å². The fourth-order valence-corrected chi connectivity index (χ4v) is 3.99. The summed E-state index contributed by atoms with van der Waals surface area (Å²) in [5, 5.41) is 9.99. The lowest BCUT2D eigenvalue weighted by atomic mass is 9.82. The third-order valence-electron chi connectivity index (χ3n) is 5.28. The molecule has 3 rings (SSSR count). The average Bonchev–Trinajstić information content (AvgIpc) is 2.87. The van der Waals surface area contributed by atoms with Gasteiger partial charge in [-0.2, -0.15) is 0 Å². The van der Waals surface area contributed by atoms with Crippen LogP contribution in [-0.4, -0.2) is 60.3 Å². The lowest BCUT2D eigenvalue weighted by molar-refractivity contribution is 0.136. The lowest BCUT2D eigenvalue weighted by Crippen LogP contribution is -2.45. The summed E-state index contributed by atoms with van der Waals surface area (Å²) in [6.45, 7) is 8.23. The SMILES string of the molecule is CC(CO)(CN1CCCN2CCCC2C1)c1ccccc1. The van der Waals surface area contributed by atoms with Crippen molar-refractivity contribution in [3.63, 3.8) is 0 Å². The molecule has 0 saturated carbocycles. The van der Waals surface area contributed by atoms with E-state index < -0.39 is 0 Å². The second kappa shape index (κ2) is 6.47. The summed E-state index contributed by atoms with van der Waals surface area (Å²) in [5.74, 6) is 0. The van der Waals surface area contributed by atoms with Crippen LogP contribution in [0.15, 0.2) is 30.3 Å². The molecule has 2 saturated heterocycles. The number of aliphatic hydroxyl groups excluding tert-OH is 1. The first-order valence-electron chi connectivity index (χ1n) is 8.34. The summed E-state index contributed by atoms with van der Waals surface area (Å²) in [4.78, 5) is 5.25. The summed E-state index contributed by atoms with van der Waals surface area (Å²) in [7, 11) is 0. The summed E-state index contributed by atoms with van der Waals surface area (Å²) < 4.78 is 0. The molecule has 2 heterocycles. The highest BCUT2D eigenvalue weighted by Crippen LogP contribution is 2.27. The van der Waals surface area contributed by atoms with Gasteiger partial charge in [-0.1, -0.05) is 37.3 Å². The van der Waals surface area contributed by atoms with E-state index >= 15 is 0 Å². The monoisotopic (exact) mass is 288 g/mol. The minimum Gasteiger partial charge on any atom is -0.395 e. The quantitative estimate of drug-likeness (QED) is 0.919. The van der Waals surface area contributed by atoms with Gasteiger partial charge in [-0.15, -0.1) is 0 Å². The van der Waals surface area contributed by atoms with Crippen molar-refractivity contribution >= 4 is 0 Å². The van der Waals surface area contributed by atoms with Crippen LogP contribution < -0.4 is 0 Å². The first-order valence-corrected chi connectivity index (χ1v) is 8.34. The summed E-state index contributed by atoms with van der Waals surface area (Å²) >= 11 is 0. The van der Waals surface area contributed by atoms with E-state index in [0.717, 1.165) is 19.1 Å². The highest BCUT2D eigenvalue weighted by atomic mass is 16.3. The second-order valence-electron chi connectivity index (χ2n) is 7.01. The van der Waals surface area contributed by atoms with Gasteiger partial charge >= 0.3 is 0 Å². The molecule has 2 aliphatic rings. The molecule has 21 heavy (non-hydrogen) atoms. The standard InChI is InChI=1S/C18H28N2O/c1-18(15-21,16-7-3-2-4-8-16)14-19-10-6-12-20-11-5-9-17(20)13-19/h2-4,7-8,17,21H,5-6,9-15H2,1H3. The largest absolute Gasteiger partial charge is 0.395 e. The maximum atomic E-state index is 9.99. The molecule has 0 aliphatic carbocycles. The van der Waals surface area contributed by atoms with Crippen molar-refractivity contribution in [2.75, 3.05) is 39.3 Å². The van der Waals surface area contributed by atoms with Crippen molar-refractivity contribution in [1.82, 2.24) is 9.80 Å². The number of aliphatic hydroxyl groups is 1. The molecule has 0 radical (unpaired) electrons. The Bertz CT molecular complexity index is 450. The Morgan fingerprint density at radius 3 is 2.67 bits per heavy atom. The molecule has 0 aromatic heterocycles. The van der Waals surface area contributed by atoms with Crippen molar-refractivity contribution in [3.8, 4) is 0 Å². The van der Waals surface area contributed by atoms with Gasteiger partial charge in [-0.25, -0.2) is 0 Å². The molecule has 0 bridgehead atoms. The minimum absolute atomic E-state index is 0.158. The van der Waals surface area contributed by atoms with Crippen LogP contribution in [0.25, 0.3) is 0 Å². The number of fused-ring (bicyclic) bond motifs is 1. The van der Waals surface area contributed by atoms with E-state index in [0.29, 0.717) is 0 Å². The van der Waals surface area contributed by atoms with E-state index in [4.69, 9.17) is 0 Å². The number of benzene rings is 1. The van der Waals surface area contributed by atoms with Crippen LogP contribution in [0.1, 0.15) is 31.7 Å². The normalized spacial score (nSPS) is 27.0. The summed E-state index contributed by atoms with van der Waals surface area (Å²) in [5.41, 5.74) is 1.09. The van der Waals surface area contributed by atoms with Crippen LogP contribution in [-0.2, 0) is 5.41 Å². The Morgan fingerprint density at radius 1 is 1.14 bits per heavy atom. The van der Waals surface area contributed by atoms with Crippen molar-refractivity contribution < 1.29 is 5.11 Å². The molecular formula is C18H28N2O. The molecule has 116 valence electrons. The van der Waals surface area contributed by atoms with Gasteiger partial charge in [0.1, 0.15) is 0 Å². The molecule has 1 N–H and O–H groups in total. The van der Waals surface area contributed by atoms with E-state index in [1.165, 1.54) is 44.5 Å². The summed E-state index contributed by atoms with van der Waals surface area (Å²) in [6.07, 6.45) is 3.96. The van der Waals surface area contributed by atoms with Crippen molar-refractivity contribution in [1.29, 1.82) is 0 Å². The van der Waals surface area contributed by atoms with Crippen LogP contribution in [0.5, 0.6) is 0 Å². The van der Waals surface area contributed by atoms with E-state index in [-0.39, 0.29) is 12.0 Å². The smallest absolute Gasteiger partial charge is 0.0537 e. The Labute approximate surface area is 128 Å². The second-order valence-corrected chi connectivity index (χ2v) is 7.01. The predicted molar refractivity (Wildman–Crippen MR) is 86.5 cm³/mol. The fraction of sp³-hybridized carbons (Fsp3) is 0.667. The zero-order valence-electron chi connectivity index (χ0n) is 13.2. The molecule has 2 atom stereocenters. The Morgan fingerprint density at radius 2 is 1.90 bits per heavy atom. The topological polar surface area (TPSA) is 26.7 Å². The van der Waals surface area contributed by atoms with Crippen molar-refractivity contribution in [2.45, 2.75) is 37.6 Å². The molecule has 0 amide bonds. The molecular weight excluding hydrogens is 260 g/mol. The van der Waals surface area contributed by atoms with Gasteiger partial charge in [0.25, 0.3) is 0 Å². The number of hydrogen-bond acceptors (Lipinski definition) is 3. The maximum Gasteiger partial charge on any atom is 0.0537 e. The van der Waals surface area contributed by atoms with Crippen LogP contribution in [0.4, 0.5) is 0 Å². The van der Waals surface area contributed by atoms with E-state index in [9.17, 15) is 5.11 Å². The molecule has 1 aromatic rings. The van der Waals surface area contributed by atoms with Crippen LogP contribution in [0.2, 0.25) is 0 Å². The van der Waals surface area contributed by atoms with E-state index in [1.807, 2.05) is 6.07 Å². The number of hydrogen-bond donors (Lipinski definition) is 1. The molecule has 0 spiro atoms. The van der Waals surface area contributed by atoms with Crippen molar-refractivity contribution in [2.24, 2.45) is 0 Å². The van der Waals surface area contributed by atoms with Gasteiger partial charge in [0.2, 0.25) is 0 Å². The Kier molecular flexibility index (Phi) is 4.63. The lowest BCUT2D eigenvalue weighted by Gasteiger charge is -2.35. The van der Waals surface area contributed by atoms with Gasteiger partial charge in [0.15, 0.2) is 0 Å². The molecule has 2 aliphatic heterocycles. The summed E-state index contributed by atoms with van der Waals surface area (Å²) in [6, 6.07) is 11.2. The molecule has 3 nitrogen and oxygen atoms in total.